The van der Waals surface area contributed by atoms with Crippen molar-refractivity contribution in [1.82, 2.24) is 9.55 Å². The van der Waals surface area contributed by atoms with Crippen molar-refractivity contribution >= 4 is 41.5 Å². The van der Waals surface area contributed by atoms with Crippen molar-refractivity contribution in [3.8, 4) is 0 Å². The van der Waals surface area contributed by atoms with Gasteiger partial charge in [0, 0.05) is 39.1 Å². The molecule has 3 N–H and O–H groups in total. The molecule has 1 aliphatic rings. The molecule has 17 heteroatoms. The summed E-state index contributed by atoms with van der Waals surface area (Å²) < 4.78 is 56.4. The number of aliphatic hydroxyl groups excluding tert-OH is 1. The first-order valence-electron chi connectivity index (χ1n) is 8.69. The number of aryl methyl sites for hydroxylation is 1. The number of ether oxygens (including phenoxy) is 1. The SMILES string of the molecule is C=P(C)(O)OP(=O)(OC)OP(=O)(OC)OCC1OC(n2cc(C)c(=O)[nH]c2=S)CC1O. The van der Waals surface area contributed by atoms with E-state index in [-0.39, 0.29) is 16.8 Å². The zero-order valence-electron chi connectivity index (χ0n) is 17.2. The summed E-state index contributed by atoms with van der Waals surface area (Å²) in [7, 11) is -10.5. The number of phosphoric ester groups is 1. The Morgan fingerprint density at radius 1 is 1.32 bits per heavy atom. The fourth-order valence-corrected chi connectivity index (χ4v) is 7.31. The summed E-state index contributed by atoms with van der Waals surface area (Å²) in [6, 6.07) is 0. The van der Waals surface area contributed by atoms with Crippen molar-refractivity contribution in [2.75, 3.05) is 27.5 Å². The molecule has 0 saturated carbocycles. The highest BCUT2D eigenvalue weighted by Gasteiger charge is 2.43. The molecule has 178 valence electrons. The minimum absolute atomic E-state index is 0.0977. The minimum Gasteiger partial charge on any atom is -0.390 e. The van der Waals surface area contributed by atoms with Gasteiger partial charge >= 0.3 is 15.6 Å². The van der Waals surface area contributed by atoms with E-state index in [4.69, 9.17) is 34.6 Å². The van der Waals surface area contributed by atoms with Crippen molar-refractivity contribution in [2.45, 2.75) is 31.8 Å². The normalized spacial score (nSPS) is 27.4. The molecule has 0 spiro atoms. The van der Waals surface area contributed by atoms with Crippen molar-refractivity contribution in [3.05, 3.63) is 26.9 Å². The first kappa shape index (κ1) is 26.8. The van der Waals surface area contributed by atoms with Gasteiger partial charge in [-0.2, -0.15) is 4.31 Å². The molecule has 1 aromatic rings. The van der Waals surface area contributed by atoms with Crippen molar-refractivity contribution in [2.24, 2.45) is 0 Å². The second kappa shape index (κ2) is 10.2. The largest absolute Gasteiger partial charge is 0.488 e. The monoisotopic (exact) mass is 522 g/mol. The maximum Gasteiger partial charge on any atom is 0.488 e. The lowest BCUT2D eigenvalue weighted by atomic mass is 10.2. The summed E-state index contributed by atoms with van der Waals surface area (Å²) >= 11 is 5.12. The number of rotatable bonds is 10. The smallest absolute Gasteiger partial charge is 0.390 e. The van der Waals surface area contributed by atoms with Gasteiger partial charge in [-0.3, -0.25) is 27.9 Å². The Morgan fingerprint density at radius 3 is 2.48 bits per heavy atom. The molecule has 0 bridgehead atoms. The van der Waals surface area contributed by atoms with Gasteiger partial charge in [0.2, 0.25) is 0 Å². The molecule has 0 radical (unpaired) electrons. The third-order valence-corrected chi connectivity index (χ3v) is 9.46. The lowest BCUT2D eigenvalue weighted by Crippen LogP contribution is -2.26. The van der Waals surface area contributed by atoms with Crippen LogP contribution in [-0.2, 0) is 36.1 Å². The van der Waals surface area contributed by atoms with Crippen LogP contribution in [0.1, 0.15) is 18.2 Å². The number of aliphatic hydroxyl groups is 1. The lowest BCUT2D eigenvalue weighted by molar-refractivity contribution is -0.0451. The molecular weight excluding hydrogens is 497 g/mol. The van der Waals surface area contributed by atoms with Crippen LogP contribution in [0.3, 0.4) is 0 Å². The molecule has 1 fully saturated rings. The fraction of sp³-hybridized carbons (Fsp3) is 0.643. The van der Waals surface area contributed by atoms with E-state index < -0.39 is 48.0 Å². The highest BCUT2D eigenvalue weighted by Crippen LogP contribution is 2.70. The standard InChI is InChI=1S/C14H25N2O11P3S/c1-9-7-16(14(31)15-13(9)18)12-6-10(17)11(25-12)8-24-29(20,22-2)27-30(21,23-3)26-28(4,5)19/h7,10-12,17,19H,4,6,8H2,1-3,5H3,(H,15,18,31). The van der Waals surface area contributed by atoms with Crippen molar-refractivity contribution in [3.63, 3.8) is 0 Å². The Labute approximate surface area is 183 Å². The van der Waals surface area contributed by atoms with Gasteiger partial charge in [-0.15, -0.1) is 0 Å². The van der Waals surface area contributed by atoms with E-state index in [1.54, 1.807) is 6.92 Å². The molecule has 2 rings (SSSR count). The molecule has 6 atom stereocenters. The molecule has 2 heterocycles. The van der Waals surface area contributed by atoms with Gasteiger partial charge in [-0.05, 0) is 19.1 Å². The van der Waals surface area contributed by atoms with Gasteiger partial charge in [0.15, 0.2) is 4.77 Å². The van der Waals surface area contributed by atoms with Crippen molar-refractivity contribution < 1.29 is 46.1 Å². The highest BCUT2D eigenvalue weighted by molar-refractivity contribution is 7.73. The maximum atomic E-state index is 12.7. The first-order chi connectivity index (χ1) is 14.2. The Balaban J connectivity index is 2.10. The van der Waals surface area contributed by atoms with E-state index in [1.165, 1.54) is 10.8 Å². The predicted octanol–water partition coefficient (Wildman–Crippen LogP) is 2.32. The molecule has 0 aliphatic carbocycles. The van der Waals surface area contributed by atoms with Gasteiger partial charge in [-0.1, -0.05) is 6.30 Å². The molecule has 1 aromatic heterocycles. The minimum atomic E-state index is -4.54. The number of aromatic nitrogens is 2. The summed E-state index contributed by atoms with van der Waals surface area (Å²) in [5, 5.41) is 10.3. The van der Waals surface area contributed by atoms with Gasteiger partial charge in [0.05, 0.1) is 12.7 Å². The van der Waals surface area contributed by atoms with E-state index in [2.05, 4.69) is 15.8 Å². The Bertz CT molecular complexity index is 1050. The van der Waals surface area contributed by atoms with Crippen LogP contribution in [0.5, 0.6) is 0 Å². The third kappa shape index (κ3) is 7.26. The zero-order chi connectivity index (χ0) is 23.6. The number of H-pyrrole nitrogens is 1. The predicted molar refractivity (Wildman–Crippen MR) is 115 cm³/mol. The summed E-state index contributed by atoms with van der Waals surface area (Å²) in [4.78, 5) is 23.8. The fourth-order valence-electron chi connectivity index (χ4n) is 2.53. The highest BCUT2D eigenvalue weighted by atomic mass is 32.1. The first-order valence-corrected chi connectivity index (χ1v) is 14.3. The van der Waals surface area contributed by atoms with E-state index in [0.717, 1.165) is 20.9 Å². The van der Waals surface area contributed by atoms with Crippen LogP contribution in [-0.4, -0.2) is 65.5 Å². The van der Waals surface area contributed by atoms with Crippen LogP contribution in [0, 0.1) is 11.7 Å². The van der Waals surface area contributed by atoms with E-state index in [1.807, 2.05) is 0 Å². The summed E-state index contributed by atoms with van der Waals surface area (Å²) in [6.45, 7) is 2.26. The average Bonchev–Trinajstić information content (AvgIpc) is 3.02. The number of nitrogens with zero attached hydrogens (tertiary/aromatic N) is 1. The van der Waals surface area contributed by atoms with Crippen LogP contribution in [0.2, 0.25) is 0 Å². The summed E-state index contributed by atoms with van der Waals surface area (Å²) in [5.74, 6) is 0. The molecule has 31 heavy (non-hydrogen) atoms. The lowest BCUT2D eigenvalue weighted by Gasteiger charge is -2.24. The number of hydrogen-bond donors (Lipinski definition) is 3. The van der Waals surface area contributed by atoms with E-state index in [0.29, 0.717) is 5.56 Å². The number of hydrogen-bond acceptors (Lipinski definition) is 12. The average molecular weight is 522 g/mol. The molecular formula is C14H25N2O11P3S. The summed E-state index contributed by atoms with van der Waals surface area (Å²) in [6.07, 6.45) is 2.11. The third-order valence-electron chi connectivity index (χ3n) is 3.98. The Hall–Kier alpha value is -0.460. The summed E-state index contributed by atoms with van der Waals surface area (Å²) in [5.41, 5.74) is 0.0505. The van der Waals surface area contributed by atoms with Gasteiger partial charge < -0.3 is 14.7 Å². The van der Waals surface area contributed by atoms with Gasteiger partial charge in [0.25, 0.3) is 5.56 Å². The maximum absolute atomic E-state index is 12.7. The van der Waals surface area contributed by atoms with Crippen LogP contribution in [0.4, 0.5) is 0 Å². The molecule has 13 nitrogen and oxygen atoms in total. The molecule has 6 unspecified atom stereocenters. The Morgan fingerprint density at radius 2 is 1.94 bits per heavy atom. The molecule has 1 aliphatic heterocycles. The van der Waals surface area contributed by atoms with E-state index in [9.17, 15) is 23.9 Å². The second-order valence-electron chi connectivity index (χ2n) is 6.68. The molecule has 0 amide bonds. The zero-order valence-corrected chi connectivity index (χ0v) is 20.7. The topological polar surface area (TPSA) is 168 Å². The van der Waals surface area contributed by atoms with Gasteiger partial charge in [0.1, 0.15) is 19.7 Å². The number of aromatic amines is 1. The van der Waals surface area contributed by atoms with Crippen LogP contribution >= 0.6 is 35.2 Å². The number of nitrogens with one attached hydrogen (secondary N) is 1. The van der Waals surface area contributed by atoms with Crippen LogP contribution in [0.25, 0.3) is 0 Å². The Kier molecular flexibility index (Phi) is 8.83. The van der Waals surface area contributed by atoms with Crippen molar-refractivity contribution in [1.29, 1.82) is 0 Å². The van der Waals surface area contributed by atoms with Crippen LogP contribution in [0.15, 0.2) is 11.0 Å². The second-order valence-corrected chi connectivity index (χ2v) is 13.3. The van der Waals surface area contributed by atoms with E-state index >= 15 is 0 Å². The number of phosphoric acid groups is 2. The van der Waals surface area contributed by atoms with Crippen LogP contribution < -0.4 is 5.56 Å². The molecule has 1 saturated heterocycles. The van der Waals surface area contributed by atoms with Gasteiger partial charge in [-0.25, -0.2) is 13.4 Å². The molecule has 0 aromatic carbocycles. The quantitative estimate of drug-likeness (QED) is 0.303.